The lowest BCUT2D eigenvalue weighted by molar-refractivity contribution is -0.150. The minimum Gasteiger partial charge on any atom is -0.468 e. The Morgan fingerprint density at radius 3 is 2.62 bits per heavy atom. The van der Waals surface area contributed by atoms with Gasteiger partial charge in [0, 0.05) is 11.6 Å². The molecule has 2 aromatic carbocycles. The molecule has 0 aliphatic carbocycles. The Morgan fingerprint density at radius 1 is 1.28 bits per heavy atom. The number of hydrogen-bond donors (Lipinski definition) is 2. The fourth-order valence-corrected chi connectivity index (χ4v) is 4.28. The second kappa shape index (κ2) is 10.3. The maximum absolute atomic E-state index is 13.3. The van der Waals surface area contributed by atoms with E-state index in [2.05, 4.69) is 16.7 Å². The summed E-state index contributed by atoms with van der Waals surface area (Å²) in [7, 11) is 1.17. The number of rotatable bonds is 6. The molecule has 0 saturated heterocycles. The quantitative estimate of drug-likeness (QED) is 0.490. The van der Waals surface area contributed by atoms with Crippen LogP contribution in [0.2, 0.25) is 5.02 Å². The van der Waals surface area contributed by atoms with Crippen molar-refractivity contribution in [1.29, 1.82) is 5.26 Å². The third-order valence-electron chi connectivity index (χ3n) is 4.69. The molecule has 0 spiro atoms. The number of carbonyl (C=O) groups is 3. The smallest absolute Gasteiger partial charge is 0.319 e. The van der Waals surface area contributed by atoms with Crippen LogP contribution in [0, 0.1) is 23.1 Å². The van der Waals surface area contributed by atoms with Crippen molar-refractivity contribution in [3.05, 3.63) is 75.5 Å². The van der Waals surface area contributed by atoms with E-state index in [1.807, 2.05) is 0 Å². The second-order valence-corrected chi connectivity index (χ2v) is 8.09. The summed E-state index contributed by atoms with van der Waals surface area (Å²) in [5.74, 6) is -4.71. The van der Waals surface area contributed by atoms with E-state index in [1.165, 1.54) is 19.2 Å². The van der Waals surface area contributed by atoms with Gasteiger partial charge in [-0.15, -0.1) is 0 Å². The molecule has 2 aromatic rings. The van der Waals surface area contributed by atoms with Gasteiger partial charge in [0.1, 0.15) is 11.7 Å². The van der Waals surface area contributed by atoms with E-state index in [-0.39, 0.29) is 21.4 Å². The van der Waals surface area contributed by atoms with Gasteiger partial charge in [0.25, 0.3) is 0 Å². The highest BCUT2D eigenvalue weighted by atomic mass is 35.5. The van der Waals surface area contributed by atoms with Crippen molar-refractivity contribution in [2.45, 2.75) is 5.92 Å². The molecule has 0 aromatic heterocycles. The van der Waals surface area contributed by atoms with Gasteiger partial charge < -0.3 is 15.4 Å². The number of thioether (sulfide) groups is 1. The molecule has 0 radical (unpaired) electrons. The summed E-state index contributed by atoms with van der Waals surface area (Å²) in [6, 6.07) is 14.5. The number of nitriles is 1. The number of carbonyl (C=O) groups excluding carboxylic acids is 3. The lowest BCUT2D eigenvalue weighted by atomic mass is 9.78. The monoisotopic (exact) mass is 473 g/mol. The molecule has 2 N–H and O–H groups in total. The number of amides is 2. The first-order valence-corrected chi connectivity index (χ1v) is 10.7. The third-order valence-corrected chi connectivity index (χ3v) is 6.00. The summed E-state index contributed by atoms with van der Waals surface area (Å²) in [6.45, 7) is 0. The van der Waals surface area contributed by atoms with Crippen molar-refractivity contribution in [2.24, 2.45) is 5.92 Å². The van der Waals surface area contributed by atoms with Crippen molar-refractivity contribution in [3.63, 3.8) is 0 Å². The number of allylic oxidation sites excluding steroid dienone is 1. The molecule has 2 amide bonds. The Labute approximate surface area is 192 Å². The number of benzene rings is 2. The van der Waals surface area contributed by atoms with Gasteiger partial charge in [0.2, 0.25) is 11.8 Å². The molecule has 0 fully saturated rings. The zero-order chi connectivity index (χ0) is 23.3. The van der Waals surface area contributed by atoms with Crippen LogP contribution in [0.15, 0.2) is 59.1 Å². The molecule has 10 heteroatoms. The van der Waals surface area contributed by atoms with Crippen LogP contribution in [0.4, 0.5) is 10.1 Å². The lowest BCUT2D eigenvalue weighted by Crippen LogP contribution is -2.44. The predicted molar refractivity (Wildman–Crippen MR) is 118 cm³/mol. The topological polar surface area (TPSA) is 108 Å². The highest BCUT2D eigenvalue weighted by molar-refractivity contribution is 8.03. The van der Waals surface area contributed by atoms with Crippen molar-refractivity contribution in [1.82, 2.24) is 5.32 Å². The number of anilines is 1. The molecule has 164 valence electrons. The molecule has 3 rings (SSSR count). The normalized spacial score (nSPS) is 17.9. The summed E-state index contributed by atoms with van der Waals surface area (Å²) in [6.07, 6.45) is 0. The number of ether oxygens (including phenoxy) is 1. The van der Waals surface area contributed by atoms with Crippen LogP contribution in [-0.2, 0) is 19.1 Å². The third kappa shape index (κ3) is 5.10. The second-order valence-electron chi connectivity index (χ2n) is 6.70. The Balaban J connectivity index is 1.85. The summed E-state index contributed by atoms with van der Waals surface area (Å²) < 4.78 is 18.1. The maximum atomic E-state index is 13.3. The zero-order valence-corrected chi connectivity index (χ0v) is 18.3. The largest absolute Gasteiger partial charge is 0.468 e. The van der Waals surface area contributed by atoms with Gasteiger partial charge in [-0.25, -0.2) is 4.39 Å². The summed E-state index contributed by atoms with van der Waals surface area (Å²) in [5.41, 5.74) is 1.05. The van der Waals surface area contributed by atoms with Gasteiger partial charge in [-0.1, -0.05) is 53.7 Å². The first-order valence-electron chi connectivity index (χ1n) is 9.31. The van der Waals surface area contributed by atoms with Crippen LogP contribution in [0.25, 0.3) is 0 Å². The standard InChI is InChI=1S/C22H17ClFN3O4S/c1-31-22(30)19-18(12-5-3-2-4-6-12)14(10-25)21(27-20(19)29)32-11-17(28)26-13-7-8-16(24)15(23)9-13/h2-9,18-19H,11H2,1H3,(H,26,28)(H,27,29)/t18-,19+/m1/s1. The Bertz CT molecular complexity index is 1130. The first-order chi connectivity index (χ1) is 15.3. The zero-order valence-electron chi connectivity index (χ0n) is 16.7. The highest BCUT2D eigenvalue weighted by Crippen LogP contribution is 2.40. The molecular weight excluding hydrogens is 457 g/mol. The highest BCUT2D eigenvalue weighted by Gasteiger charge is 2.44. The summed E-state index contributed by atoms with van der Waals surface area (Å²) in [4.78, 5) is 37.4. The van der Waals surface area contributed by atoms with E-state index in [0.29, 0.717) is 11.3 Å². The van der Waals surface area contributed by atoms with Gasteiger partial charge in [-0.3, -0.25) is 14.4 Å². The average Bonchev–Trinajstić information content (AvgIpc) is 2.79. The van der Waals surface area contributed by atoms with Crippen molar-refractivity contribution < 1.29 is 23.5 Å². The average molecular weight is 474 g/mol. The summed E-state index contributed by atoms with van der Waals surface area (Å²) >= 11 is 6.66. The van der Waals surface area contributed by atoms with Crippen LogP contribution in [0.3, 0.4) is 0 Å². The molecule has 2 atom stereocenters. The van der Waals surface area contributed by atoms with Crippen LogP contribution >= 0.6 is 23.4 Å². The van der Waals surface area contributed by atoms with Gasteiger partial charge >= 0.3 is 5.97 Å². The van der Waals surface area contributed by atoms with E-state index in [9.17, 15) is 24.0 Å². The fraction of sp³-hybridized carbons (Fsp3) is 0.182. The van der Waals surface area contributed by atoms with Crippen LogP contribution < -0.4 is 10.6 Å². The van der Waals surface area contributed by atoms with Gasteiger partial charge in [-0.05, 0) is 23.8 Å². The molecule has 1 heterocycles. The van der Waals surface area contributed by atoms with Crippen LogP contribution in [0.5, 0.6) is 0 Å². The minimum atomic E-state index is -1.24. The van der Waals surface area contributed by atoms with E-state index in [1.54, 1.807) is 30.3 Å². The molecule has 0 bridgehead atoms. The van der Waals surface area contributed by atoms with Crippen LogP contribution in [-0.4, -0.2) is 30.6 Å². The van der Waals surface area contributed by atoms with Crippen molar-refractivity contribution in [3.8, 4) is 6.07 Å². The Morgan fingerprint density at radius 2 is 2.00 bits per heavy atom. The predicted octanol–water partition coefficient (Wildman–Crippen LogP) is 3.59. The van der Waals surface area contributed by atoms with Crippen LogP contribution in [0.1, 0.15) is 11.5 Å². The lowest BCUT2D eigenvalue weighted by Gasteiger charge is -2.30. The minimum absolute atomic E-state index is 0.135. The number of halogens is 2. The number of methoxy groups -OCH3 is 1. The molecule has 0 saturated carbocycles. The van der Waals surface area contributed by atoms with Gasteiger partial charge in [-0.2, -0.15) is 5.26 Å². The summed E-state index contributed by atoms with van der Waals surface area (Å²) in [5, 5.41) is 15.0. The van der Waals surface area contributed by atoms with Gasteiger partial charge in [0.15, 0.2) is 0 Å². The molecule has 0 unspecified atom stereocenters. The van der Waals surface area contributed by atoms with E-state index in [0.717, 1.165) is 17.8 Å². The van der Waals surface area contributed by atoms with E-state index < -0.39 is 35.4 Å². The molecule has 7 nitrogen and oxygen atoms in total. The van der Waals surface area contributed by atoms with Crippen molar-refractivity contribution >= 4 is 46.8 Å². The Kier molecular flexibility index (Phi) is 7.51. The molecule has 1 aliphatic heterocycles. The maximum Gasteiger partial charge on any atom is 0.319 e. The molecule has 1 aliphatic rings. The first kappa shape index (κ1) is 23.3. The number of nitrogens with one attached hydrogen (secondary N) is 2. The van der Waals surface area contributed by atoms with Gasteiger partial charge in [0.05, 0.1) is 34.6 Å². The van der Waals surface area contributed by atoms with E-state index >= 15 is 0 Å². The van der Waals surface area contributed by atoms with E-state index in [4.69, 9.17) is 16.3 Å². The Hall–Kier alpha value is -3.35. The molecular formula is C22H17ClFN3O4S. The number of esters is 1. The molecule has 32 heavy (non-hydrogen) atoms. The fourth-order valence-electron chi connectivity index (χ4n) is 3.25. The number of nitrogens with zero attached hydrogens (tertiary/aromatic N) is 1. The SMILES string of the molecule is COC(=O)[C@@H]1C(=O)NC(SCC(=O)Nc2ccc(F)c(Cl)c2)=C(C#N)[C@H]1c1ccccc1. The van der Waals surface area contributed by atoms with Crippen molar-refractivity contribution in [2.75, 3.05) is 18.2 Å². The number of hydrogen-bond acceptors (Lipinski definition) is 6.